The van der Waals surface area contributed by atoms with Gasteiger partial charge in [-0.05, 0) is 12.1 Å². The van der Waals surface area contributed by atoms with E-state index < -0.39 is 0 Å². The van der Waals surface area contributed by atoms with Gasteiger partial charge in [0, 0.05) is 24.2 Å². The van der Waals surface area contributed by atoms with Gasteiger partial charge in [-0.2, -0.15) is 0 Å². The Hall–Kier alpha value is -2.54. The number of nitrogens with one attached hydrogen (secondary N) is 1. The van der Waals surface area contributed by atoms with E-state index in [9.17, 15) is 9.59 Å². The number of ketones is 1. The van der Waals surface area contributed by atoms with Crippen LogP contribution >= 0.6 is 0 Å². The molecule has 2 aromatic rings. The van der Waals surface area contributed by atoms with Gasteiger partial charge >= 0.3 is 0 Å². The van der Waals surface area contributed by atoms with Crippen LogP contribution in [0, 0.1) is 0 Å². The van der Waals surface area contributed by atoms with Crippen molar-refractivity contribution in [2.24, 2.45) is 0 Å². The van der Waals surface area contributed by atoms with Crippen LogP contribution in [-0.4, -0.2) is 59.7 Å². The standard InChI is InChI=1S/C19H22N2O4/c22-12-10-21(11-13-23)14-18(24)20-17-9-5-4-8-16(17)19(25)15-6-2-1-3-7-15/h1-9,22-23H,10-14H2,(H,20,24). The fourth-order valence-corrected chi connectivity index (χ4v) is 2.48. The third kappa shape index (κ3) is 5.49. The van der Waals surface area contributed by atoms with Crippen LogP contribution in [0.2, 0.25) is 0 Å². The number of carbonyl (C=O) groups is 2. The summed E-state index contributed by atoms with van der Waals surface area (Å²) in [5, 5.41) is 20.8. The lowest BCUT2D eigenvalue weighted by atomic mass is 10.0. The topological polar surface area (TPSA) is 89.9 Å². The molecule has 0 unspecified atom stereocenters. The van der Waals surface area contributed by atoms with E-state index in [1.807, 2.05) is 6.07 Å². The highest BCUT2D eigenvalue weighted by molar-refractivity contribution is 6.13. The van der Waals surface area contributed by atoms with E-state index in [1.54, 1.807) is 53.4 Å². The molecule has 25 heavy (non-hydrogen) atoms. The highest BCUT2D eigenvalue weighted by atomic mass is 16.3. The zero-order valence-electron chi connectivity index (χ0n) is 13.9. The summed E-state index contributed by atoms with van der Waals surface area (Å²) in [4.78, 5) is 26.5. The molecule has 2 aromatic carbocycles. The highest BCUT2D eigenvalue weighted by Crippen LogP contribution is 2.19. The fraction of sp³-hybridized carbons (Fsp3) is 0.263. The molecule has 2 rings (SSSR count). The lowest BCUT2D eigenvalue weighted by molar-refractivity contribution is -0.117. The molecule has 0 aliphatic carbocycles. The predicted molar refractivity (Wildman–Crippen MR) is 95.6 cm³/mol. The zero-order valence-corrected chi connectivity index (χ0v) is 13.9. The Kier molecular flexibility index (Phi) is 7.28. The van der Waals surface area contributed by atoms with Crippen molar-refractivity contribution in [2.45, 2.75) is 0 Å². The van der Waals surface area contributed by atoms with E-state index in [4.69, 9.17) is 10.2 Å². The molecule has 0 spiro atoms. The molecule has 1 amide bonds. The van der Waals surface area contributed by atoms with Crippen LogP contribution in [0.3, 0.4) is 0 Å². The Labute approximate surface area is 146 Å². The minimum atomic E-state index is -0.310. The lowest BCUT2D eigenvalue weighted by Crippen LogP contribution is -2.37. The molecule has 0 bridgehead atoms. The normalized spacial score (nSPS) is 10.7. The molecule has 0 fully saturated rings. The molecule has 132 valence electrons. The second-order valence-electron chi connectivity index (χ2n) is 5.51. The maximum atomic E-state index is 12.6. The molecule has 6 nitrogen and oxygen atoms in total. The predicted octanol–water partition coefficient (Wildman–Crippen LogP) is 1.14. The summed E-state index contributed by atoms with van der Waals surface area (Å²) in [5.41, 5.74) is 1.40. The van der Waals surface area contributed by atoms with Crippen LogP contribution in [0.1, 0.15) is 15.9 Å². The quantitative estimate of drug-likeness (QED) is 0.595. The maximum absolute atomic E-state index is 12.6. The molecule has 0 heterocycles. The van der Waals surface area contributed by atoms with Crippen LogP contribution in [-0.2, 0) is 4.79 Å². The summed E-state index contributed by atoms with van der Waals surface area (Å²) >= 11 is 0. The molecule has 0 saturated heterocycles. The number of nitrogens with zero attached hydrogens (tertiary/aromatic N) is 1. The summed E-state index contributed by atoms with van der Waals surface area (Å²) in [6.45, 7) is 0.402. The van der Waals surface area contributed by atoms with E-state index in [0.29, 0.717) is 29.9 Å². The molecule has 0 aliphatic rings. The van der Waals surface area contributed by atoms with Gasteiger partial charge in [0.05, 0.1) is 25.4 Å². The van der Waals surface area contributed by atoms with Crippen molar-refractivity contribution < 1.29 is 19.8 Å². The van der Waals surface area contributed by atoms with Gasteiger partial charge in [0.1, 0.15) is 0 Å². The van der Waals surface area contributed by atoms with Crippen molar-refractivity contribution in [1.29, 1.82) is 0 Å². The van der Waals surface area contributed by atoms with Gasteiger partial charge in [-0.25, -0.2) is 0 Å². The van der Waals surface area contributed by atoms with Crippen LogP contribution in [0.5, 0.6) is 0 Å². The average molecular weight is 342 g/mol. The zero-order chi connectivity index (χ0) is 18.1. The molecule has 0 saturated carbocycles. The van der Waals surface area contributed by atoms with Gasteiger partial charge in [-0.3, -0.25) is 14.5 Å². The van der Waals surface area contributed by atoms with Gasteiger partial charge in [-0.15, -0.1) is 0 Å². The number of rotatable bonds is 9. The smallest absolute Gasteiger partial charge is 0.238 e. The van der Waals surface area contributed by atoms with Gasteiger partial charge in [0.2, 0.25) is 5.91 Å². The minimum Gasteiger partial charge on any atom is -0.395 e. The molecule has 0 aliphatic heterocycles. The number of anilines is 1. The molecule has 0 radical (unpaired) electrons. The van der Waals surface area contributed by atoms with Crippen molar-refractivity contribution in [3.05, 3.63) is 65.7 Å². The van der Waals surface area contributed by atoms with E-state index in [2.05, 4.69) is 5.32 Å². The Bertz CT molecular complexity index is 698. The van der Waals surface area contributed by atoms with Gasteiger partial charge in [0.15, 0.2) is 5.78 Å². The first-order valence-corrected chi connectivity index (χ1v) is 8.08. The molecule has 0 atom stereocenters. The van der Waals surface area contributed by atoms with E-state index in [0.717, 1.165) is 0 Å². The lowest BCUT2D eigenvalue weighted by Gasteiger charge is -2.20. The Morgan fingerprint density at radius 3 is 2.12 bits per heavy atom. The number of carbonyl (C=O) groups excluding carboxylic acids is 2. The number of hydrogen-bond donors (Lipinski definition) is 3. The largest absolute Gasteiger partial charge is 0.395 e. The van der Waals surface area contributed by atoms with Crippen molar-refractivity contribution in [2.75, 3.05) is 38.2 Å². The number of hydrogen-bond acceptors (Lipinski definition) is 5. The van der Waals surface area contributed by atoms with E-state index in [1.165, 1.54) is 0 Å². The third-order valence-electron chi connectivity index (χ3n) is 3.68. The molecule has 3 N–H and O–H groups in total. The van der Waals surface area contributed by atoms with Crippen LogP contribution in [0.4, 0.5) is 5.69 Å². The number of aliphatic hydroxyl groups excluding tert-OH is 2. The third-order valence-corrected chi connectivity index (χ3v) is 3.68. The summed E-state index contributed by atoms with van der Waals surface area (Å²) in [5.74, 6) is -0.478. The Morgan fingerprint density at radius 1 is 0.880 bits per heavy atom. The van der Waals surface area contributed by atoms with E-state index >= 15 is 0 Å². The molecule has 6 heteroatoms. The first-order chi connectivity index (χ1) is 12.2. The molecular formula is C19H22N2O4. The van der Waals surface area contributed by atoms with Crippen molar-refractivity contribution in [3.8, 4) is 0 Å². The first kappa shape index (κ1) is 18.8. The second kappa shape index (κ2) is 9.68. The number of para-hydroxylation sites is 1. The molecular weight excluding hydrogens is 320 g/mol. The van der Waals surface area contributed by atoms with Crippen molar-refractivity contribution in [1.82, 2.24) is 4.90 Å². The van der Waals surface area contributed by atoms with Crippen molar-refractivity contribution in [3.63, 3.8) is 0 Å². The summed E-state index contributed by atoms with van der Waals surface area (Å²) < 4.78 is 0. The molecule has 0 aromatic heterocycles. The summed E-state index contributed by atoms with van der Waals surface area (Å²) in [6, 6.07) is 15.7. The van der Waals surface area contributed by atoms with Gasteiger partial charge < -0.3 is 15.5 Å². The monoisotopic (exact) mass is 342 g/mol. The minimum absolute atomic E-state index is 0.0228. The number of aliphatic hydroxyl groups is 2. The summed E-state index contributed by atoms with van der Waals surface area (Å²) in [6.07, 6.45) is 0. The van der Waals surface area contributed by atoms with Crippen molar-refractivity contribution >= 4 is 17.4 Å². The maximum Gasteiger partial charge on any atom is 0.238 e. The highest BCUT2D eigenvalue weighted by Gasteiger charge is 2.16. The SMILES string of the molecule is O=C(CN(CCO)CCO)Nc1ccccc1C(=O)c1ccccc1. The van der Waals surface area contributed by atoms with Crippen LogP contribution in [0.25, 0.3) is 0 Å². The van der Waals surface area contributed by atoms with Crippen LogP contribution < -0.4 is 5.32 Å². The van der Waals surface area contributed by atoms with Gasteiger partial charge in [0.25, 0.3) is 0 Å². The Morgan fingerprint density at radius 2 is 1.48 bits per heavy atom. The second-order valence-corrected chi connectivity index (χ2v) is 5.51. The van der Waals surface area contributed by atoms with Gasteiger partial charge in [-0.1, -0.05) is 42.5 Å². The Balaban J connectivity index is 2.12. The number of benzene rings is 2. The first-order valence-electron chi connectivity index (χ1n) is 8.08. The number of amides is 1. The average Bonchev–Trinajstić information content (AvgIpc) is 2.63. The summed E-state index contributed by atoms with van der Waals surface area (Å²) in [7, 11) is 0. The fourth-order valence-electron chi connectivity index (χ4n) is 2.48. The van der Waals surface area contributed by atoms with Crippen LogP contribution in [0.15, 0.2) is 54.6 Å². The van der Waals surface area contributed by atoms with E-state index in [-0.39, 0.29) is 31.4 Å².